The molecule has 0 heterocycles. The molecule has 0 bridgehead atoms. The van der Waals surface area contributed by atoms with Crippen LogP contribution in [0.5, 0.6) is 0 Å². The van der Waals surface area contributed by atoms with E-state index in [0.29, 0.717) is 0 Å². The molecule has 0 radical (unpaired) electrons. The average Bonchev–Trinajstić information content (AvgIpc) is 1.59. The number of hydrogen-bond donors (Lipinski definition) is 2. The Morgan fingerprint density at radius 3 is 1.64 bits per heavy atom. The van der Waals surface area contributed by atoms with Crippen LogP contribution >= 0.6 is 0 Å². The molecule has 0 atom stereocenters. The fourth-order valence-electron chi connectivity index (χ4n) is 0.146. The third kappa shape index (κ3) is 4.42. The van der Waals surface area contributed by atoms with Crippen molar-refractivity contribution >= 4 is 34.0 Å². The molecule has 0 aliphatic rings. The minimum absolute atomic E-state index is 0. The first-order valence-corrected chi connectivity index (χ1v) is 3.23. The molecule has 0 aromatic carbocycles. The maximum absolute atomic E-state index is 11.2. The molecule has 62 valence electrons. The summed E-state index contributed by atoms with van der Waals surface area (Å²) < 4.78 is 60.4. The van der Waals surface area contributed by atoms with Gasteiger partial charge in [-0.05, 0) is 0 Å². The molecule has 0 aromatic heterocycles. The van der Waals surface area contributed by atoms with Gasteiger partial charge in [-0.3, -0.25) is 9.96 Å². The molecule has 0 aliphatic heterocycles. The normalized spacial score (nSPS) is 12.0. The van der Waals surface area contributed by atoms with E-state index in [1.54, 1.807) is 0 Å². The number of nitrogens with one attached hydrogen (secondary N) is 1. The van der Waals surface area contributed by atoms with E-state index in [1.807, 2.05) is 0 Å². The van der Waals surface area contributed by atoms with Crippen LogP contribution in [-0.4, -0.2) is 43.1 Å². The first-order valence-electron chi connectivity index (χ1n) is 1.79. The molecule has 0 unspecified atom stereocenters. The van der Waals surface area contributed by atoms with Crippen molar-refractivity contribution in [3.8, 4) is 0 Å². The van der Waals surface area contributed by atoms with E-state index in [0.717, 1.165) is 0 Å². The number of halogens is 3. The van der Waals surface area contributed by atoms with E-state index >= 15 is 0 Å². The molecule has 11 heavy (non-hydrogen) atoms. The molecule has 0 saturated carbocycles. The average molecular weight is 185 g/mol. The first kappa shape index (κ1) is 13.5. The van der Waals surface area contributed by atoms with Crippen molar-refractivity contribution in [3.63, 3.8) is 0 Å². The third-order valence-corrected chi connectivity index (χ3v) is 1.26. The monoisotopic (exact) mass is 185 g/mol. The molecule has 4 nitrogen and oxygen atoms in total. The van der Waals surface area contributed by atoms with Crippen LogP contribution in [0.2, 0.25) is 0 Å². The van der Waals surface area contributed by atoms with Crippen molar-refractivity contribution in [1.29, 1.82) is 5.41 Å². The zero-order chi connectivity index (χ0) is 8.58. The third-order valence-electron chi connectivity index (χ3n) is 0.515. The molecule has 0 fully saturated rings. The van der Waals surface area contributed by atoms with Crippen LogP contribution in [0.4, 0.5) is 13.2 Å². The van der Waals surface area contributed by atoms with Gasteiger partial charge in [0, 0.05) is 0 Å². The Balaban J connectivity index is 0. The van der Waals surface area contributed by atoms with Gasteiger partial charge in [0.15, 0.2) is 0 Å². The predicted octanol–water partition coefficient (Wildman–Crippen LogP) is -0.235. The SMILES string of the molecule is N=C(C(F)(F)F)S(=O)(=O)O.[LiH]. The Morgan fingerprint density at radius 1 is 1.36 bits per heavy atom. The molecule has 0 saturated heterocycles. The Hall–Kier alpha value is -0.0326. The Morgan fingerprint density at radius 2 is 1.64 bits per heavy atom. The van der Waals surface area contributed by atoms with Gasteiger partial charge in [-0.25, -0.2) is 0 Å². The standard InChI is InChI=1S/C2H2F3NO3S.Li.H/c3-2(4,5)1(6)10(7,8)9;;/h6H,(H,7,8,9);;. The van der Waals surface area contributed by atoms with Crippen molar-refractivity contribution in [2.45, 2.75) is 6.18 Å². The Kier molecular flexibility index (Phi) is 4.41. The van der Waals surface area contributed by atoms with Crippen molar-refractivity contribution in [3.05, 3.63) is 0 Å². The van der Waals surface area contributed by atoms with Gasteiger partial charge in [0.25, 0.3) is 5.04 Å². The van der Waals surface area contributed by atoms with Gasteiger partial charge in [0.2, 0.25) is 0 Å². The van der Waals surface area contributed by atoms with Gasteiger partial charge in [0.05, 0.1) is 0 Å². The van der Waals surface area contributed by atoms with E-state index in [9.17, 15) is 21.6 Å². The van der Waals surface area contributed by atoms with Crippen LogP contribution < -0.4 is 0 Å². The van der Waals surface area contributed by atoms with Crippen LogP contribution in [0.25, 0.3) is 0 Å². The van der Waals surface area contributed by atoms with Crippen LogP contribution in [0.1, 0.15) is 0 Å². The summed E-state index contributed by atoms with van der Waals surface area (Å²) in [4.78, 5) is 0. The number of rotatable bonds is 0. The minimum atomic E-state index is -5.40. The van der Waals surface area contributed by atoms with Crippen LogP contribution in [0, 0.1) is 5.41 Å². The molecule has 2 N–H and O–H groups in total. The van der Waals surface area contributed by atoms with Crippen LogP contribution in [0.3, 0.4) is 0 Å². The van der Waals surface area contributed by atoms with E-state index in [-0.39, 0.29) is 18.9 Å². The van der Waals surface area contributed by atoms with Crippen LogP contribution in [-0.2, 0) is 10.1 Å². The van der Waals surface area contributed by atoms with Gasteiger partial charge in [-0.2, -0.15) is 21.6 Å². The summed E-state index contributed by atoms with van der Waals surface area (Å²) in [6, 6.07) is 0. The van der Waals surface area contributed by atoms with Gasteiger partial charge in [0.1, 0.15) is 0 Å². The van der Waals surface area contributed by atoms with E-state index in [1.165, 1.54) is 0 Å². The fourth-order valence-corrected chi connectivity index (χ4v) is 0.439. The topological polar surface area (TPSA) is 78.2 Å². The second kappa shape index (κ2) is 3.58. The second-order valence-electron chi connectivity index (χ2n) is 1.30. The summed E-state index contributed by atoms with van der Waals surface area (Å²) in [7, 11) is -5.40. The molecule has 9 heteroatoms. The Labute approximate surface area is 72.2 Å². The molecular weight excluding hydrogens is 182 g/mol. The Bertz CT molecular complexity index is 244. The zero-order valence-electron chi connectivity index (χ0n) is 4.31. The summed E-state index contributed by atoms with van der Waals surface area (Å²) in [5.74, 6) is 0. The van der Waals surface area contributed by atoms with Crippen molar-refractivity contribution in [1.82, 2.24) is 0 Å². The second-order valence-corrected chi connectivity index (χ2v) is 2.66. The first-order chi connectivity index (χ1) is 4.15. The summed E-state index contributed by atoms with van der Waals surface area (Å²) >= 11 is 0. The quantitative estimate of drug-likeness (QED) is 0.236. The van der Waals surface area contributed by atoms with Gasteiger partial charge < -0.3 is 0 Å². The van der Waals surface area contributed by atoms with Crippen molar-refractivity contribution in [2.24, 2.45) is 0 Å². The van der Waals surface area contributed by atoms with E-state index in [4.69, 9.17) is 9.96 Å². The predicted molar refractivity (Wildman–Crippen MR) is 32.5 cm³/mol. The number of hydrogen-bond acceptors (Lipinski definition) is 3. The van der Waals surface area contributed by atoms with Gasteiger partial charge in [-0.15, -0.1) is 0 Å². The van der Waals surface area contributed by atoms with Crippen molar-refractivity contribution in [2.75, 3.05) is 0 Å². The summed E-state index contributed by atoms with van der Waals surface area (Å²) in [5.41, 5.74) is 0. The molecule has 0 amide bonds. The summed E-state index contributed by atoms with van der Waals surface area (Å²) in [6.07, 6.45) is -5.31. The van der Waals surface area contributed by atoms with E-state index in [2.05, 4.69) is 0 Å². The fraction of sp³-hybridized carbons (Fsp3) is 0.500. The molecular formula is C2H3F3LiNO3S. The van der Waals surface area contributed by atoms with Crippen molar-refractivity contribution < 1.29 is 26.1 Å². The van der Waals surface area contributed by atoms with Gasteiger partial charge >= 0.3 is 35.2 Å². The van der Waals surface area contributed by atoms with Crippen LogP contribution in [0.15, 0.2) is 0 Å². The summed E-state index contributed by atoms with van der Waals surface area (Å²) in [6.45, 7) is 0. The zero-order valence-corrected chi connectivity index (χ0v) is 5.12. The summed E-state index contributed by atoms with van der Waals surface area (Å²) in [5, 5.41) is 3.18. The molecule has 0 spiro atoms. The molecule has 0 rings (SSSR count). The molecule has 0 aliphatic carbocycles. The van der Waals surface area contributed by atoms with E-state index < -0.39 is 21.3 Å². The molecule has 0 aromatic rings. The van der Waals surface area contributed by atoms with Gasteiger partial charge in [-0.1, -0.05) is 0 Å². The maximum atomic E-state index is 11.2. The number of alkyl halides is 3.